The van der Waals surface area contributed by atoms with Crippen LogP contribution in [-0.4, -0.2) is 136 Å². The Bertz CT molecular complexity index is 3750. The van der Waals surface area contributed by atoms with E-state index in [-0.39, 0.29) is 126 Å². The molecule has 0 fully saturated rings. The topological polar surface area (TPSA) is 276 Å². The summed E-state index contributed by atoms with van der Waals surface area (Å²) < 4.78 is 6.81. The highest BCUT2D eigenvalue weighted by Gasteiger charge is 2.56. The van der Waals surface area contributed by atoms with E-state index in [1.807, 2.05) is 73.9 Å². The van der Waals surface area contributed by atoms with Crippen LogP contribution < -0.4 is 26.0 Å². The summed E-state index contributed by atoms with van der Waals surface area (Å²) in [6, 6.07) is 29.7. The van der Waals surface area contributed by atoms with Gasteiger partial charge in [0, 0.05) is 164 Å². The summed E-state index contributed by atoms with van der Waals surface area (Å²) in [4.78, 5) is 126. The molecule has 4 heterocycles. The predicted molar refractivity (Wildman–Crippen MR) is 312 cm³/mol. The first-order valence-electron chi connectivity index (χ1n) is 27.7. The van der Waals surface area contributed by atoms with Gasteiger partial charge in [-0.05, 0) is 99.0 Å². The van der Waals surface area contributed by atoms with Crippen molar-refractivity contribution in [3.05, 3.63) is 185 Å². The van der Waals surface area contributed by atoms with Gasteiger partial charge >= 0.3 is 0 Å². The second kappa shape index (κ2) is 22.3. The number of imide groups is 2. The lowest BCUT2D eigenvalue weighted by Gasteiger charge is -2.45. The number of nitro groups is 2. The van der Waals surface area contributed by atoms with Gasteiger partial charge in [0.15, 0.2) is 0 Å². The number of benzene rings is 7. The van der Waals surface area contributed by atoms with Gasteiger partial charge < -0.3 is 35.8 Å². The molecule has 22 nitrogen and oxygen atoms in total. The lowest BCUT2D eigenvalue weighted by atomic mass is 9.73. The van der Waals surface area contributed by atoms with E-state index in [9.17, 15) is 49.0 Å². The fourth-order valence-corrected chi connectivity index (χ4v) is 12.3. The number of nitro benzene ring substituents is 2. The number of carbonyl (C=O) groups excluding carboxylic acids is 7. The van der Waals surface area contributed by atoms with Gasteiger partial charge in [0.05, 0.1) is 20.6 Å². The molecule has 0 bridgehead atoms. The molecule has 428 valence electrons. The van der Waals surface area contributed by atoms with Gasteiger partial charge in [0.2, 0.25) is 11.8 Å². The van der Waals surface area contributed by atoms with Crippen molar-refractivity contribution in [3.63, 3.8) is 0 Å². The summed E-state index contributed by atoms with van der Waals surface area (Å²) >= 11 is 0. The molecule has 1 spiro atoms. The first kappa shape index (κ1) is 55.8. The van der Waals surface area contributed by atoms with Gasteiger partial charge in [-0.25, -0.2) is 0 Å². The van der Waals surface area contributed by atoms with Crippen LogP contribution in [0.15, 0.2) is 109 Å². The molecule has 0 saturated heterocycles. The van der Waals surface area contributed by atoms with Gasteiger partial charge in [0.1, 0.15) is 17.0 Å². The molecule has 0 radical (unpaired) electrons. The van der Waals surface area contributed by atoms with Crippen molar-refractivity contribution in [2.75, 3.05) is 76.1 Å². The molecule has 7 aromatic carbocycles. The number of nitrogens with zero attached hydrogens (tertiary/aromatic N) is 6. The van der Waals surface area contributed by atoms with Crippen molar-refractivity contribution >= 4 is 85.6 Å². The summed E-state index contributed by atoms with van der Waals surface area (Å²) in [5.74, 6) is -2.61. The van der Waals surface area contributed by atoms with E-state index in [0.717, 1.165) is 49.0 Å². The Morgan fingerprint density at radius 2 is 0.976 bits per heavy atom. The molecule has 7 amide bonds. The number of hydrogen-bond acceptors (Lipinski definition) is 15. The molecular formula is C62H58N10O12. The lowest BCUT2D eigenvalue weighted by Crippen LogP contribution is -2.50. The van der Waals surface area contributed by atoms with E-state index in [0.29, 0.717) is 30.2 Å². The molecule has 22 heteroatoms. The summed E-state index contributed by atoms with van der Waals surface area (Å²) in [7, 11) is 0. The van der Waals surface area contributed by atoms with Crippen molar-refractivity contribution in [1.82, 2.24) is 30.2 Å². The van der Waals surface area contributed by atoms with Crippen LogP contribution in [-0.2, 0) is 15.1 Å². The maximum atomic E-state index is 15.2. The van der Waals surface area contributed by atoms with Crippen LogP contribution >= 0.6 is 0 Å². The molecule has 84 heavy (non-hydrogen) atoms. The number of fused-ring (bicyclic) bond motifs is 6. The van der Waals surface area contributed by atoms with Crippen molar-refractivity contribution in [2.24, 2.45) is 0 Å². The number of anilines is 2. The number of aryl methyl sites for hydroxylation is 2. The van der Waals surface area contributed by atoms with Gasteiger partial charge in [-0.3, -0.25) is 63.6 Å². The number of nitrogens with one attached hydrogen (secondary N) is 4. The maximum absolute atomic E-state index is 15.2. The van der Waals surface area contributed by atoms with Crippen LogP contribution in [0.1, 0.15) is 106 Å². The average molecular weight is 1140 g/mol. The minimum Gasteiger partial charge on any atom is -0.456 e. The van der Waals surface area contributed by atoms with Crippen molar-refractivity contribution < 1.29 is 48.1 Å². The minimum atomic E-state index is -1.20. The van der Waals surface area contributed by atoms with Crippen LogP contribution in [0.5, 0.6) is 11.5 Å². The minimum absolute atomic E-state index is 0.0866. The quantitative estimate of drug-likeness (QED) is 0.0301. The number of hydrogen-bond donors (Lipinski definition) is 4. The molecule has 4 N–H and O–H groups in total. The van der Waals surface area contributed by atoms with E-state index >= 15 is 4.79 Å². The number of amides is 7. The van der Waals surface area contributed by atoms with Crippen LogP contribution in [0.3, 0.4) is 0 Å². The summed E-state index contributed by atoms with van der Waals surface area (Å²) in [5, 5.41) is 36.8. The largest absolute Gasteiger partial charge is 0.456 e. The van der Waals surface area contributed by atoms with Crippen molar-refractivity contribution in [1.29, 1.82) is 0 Å². The van der Waals surface area contributed by atoms with Gasteiger partial charge in [0.25, 0.3) is 40.9 Å². The zero-order valence-corrected chi connectivity index (χ0v) is 46.5. The molecule has 7 aromatic rings. The molecular weight excluding hydrogens is 1080 g/mol. The Morgan fingerprint density at radius 3 is 1.43 bits per heavy atom. The third kappa shape index (κ3) is 9.42. The lowest BCUT2D eigenvalue weighted by molar-refractivity contribution is -0.383. The Kier molecular flexibility index (Phi) is 14.8. The van der Waals surface area contributed by atoms with E-state index in [1.54, 1.807) is 0 Å². The van der Waals surface area contributed by atoms with E-state index in [4.69, 9.17) is 4.74 Å². The highest BCUT2D eigenvalue weighted by molar-refractivity contribution is 6.27. The zero-order chi connectivity index (χ0) is 59.3. The molecule has 0 saturated carbocycles. The smallest absolute Gasteiger partial charge is 0.277 e. The molecule has 11 rings (SSSR count). The Balaban J connectivity index is 0.838. The molecule has 4 aliphatic heterocycles. The van der Waals surface area contributed by atoms with Crippen LogP contribution in [0.25, 0.3) is 21.5 Å². The Hall–Kier alpha value is -10.1. The molecule has 4 aliphatic rings. The van der Waals surface area contributed by atoms with E-state index < -0.39 is 50.8 Å². The number of rotatable bonds is 21. The second-order valence-corrected chi connectivity index (χ2v) is 21.0. The van der Waals surface area contributed by atoms with Crippen LogP contribution in [0, 0.1) is 34.1 Å². The van der Waals surface area contributed by atoms with Crippen LogP contribution in [0.4, 0.5) is 22.7 Å². The van der Waals surface area contributed by atoms with Crippen LogP contribution in [0.2, 0.25) is 0 Å². The highest BCUT2D eigenvalue weighted by atomic mass is 16.6. The van der Waals surface area contributed by atoms with Gasteiger partial charge in [-0.2, -0.15) is 0 Å². The number of carbonyl (C=O) groups is 7. The fourth-order valence-electron chi connectivity index (χ4n) is 12.3. The van der Waals surface area contributed by atoms with Crippen molar-refractivity contribution in [3.8, 4) is 11.5 Å². The monoisotopic (exact) mass is 1130 g/mol. The highest BCUT2D eigenvalue weighted by Crippen LogP contribution is 2.59. The first-order chi connectivity index (χ1) is 40.5. The maximum Gasteiger partial charge on any atom is 0.277 e. The summed E-state index contributed by atoms with van der Waals surface area (Å²) in [5.41, 5.74) is 5.21. The Morgan fingerprint density at radius 1 is 0.536 bits per heavy atom. The van der Waals surface area contributed by atoms with E-state index in [2.05, 4.69) is 33.4 Å². The fraction of sp³-hybridized carbons (Fsp3) is 0.274. The zero-order valence-electron chi connectivity index (χ0n) is 46.5. The average Bonchev–Trinajstić information content (AvgIpc) is 1.48. The number of ether oxygens (including phenoxy) is 1. The normalized spacial score (nSPS) is 14.4. The summed E-state index contributed by atoms with van der Waals surface area (Å²) in [6.07, 6.45) is -0.215. The second-order valence-electron chi connectivity index (χ2n) is 21.0. The van der Waals surface area contributed by atoms with E-state index in [1.165, 1.54) is 60.7 Å². The number of non-ortho nitro benzene ring substituents is 2. The molecule has 0 aromatic heterocycles. The molecule has 0 atom stereocenters. The first-order valence-corrected chi connectivity index (χ1v) is 27.7. The predicted octanol–water partition coefficient (Wildman–Crippen LogP) is 8.05. The summed E-state index contributed by atoms with van der Waals surface area (Å²) in [6.45, 7) is 9.14. The molecule has 0 unspecified atom stereocenters. The third-order valence-corrected chi connectivity index (χ3v) is 16.2. The van der Waals surface area contributed by atoms with Gasteiger partial charge in [-0.15, -0.1) is 0 Å². The molecule has 0 aliphatic carbocycles. The standard InChI is InChI=1S/C62H58N10O12/c1-5-63-47-33-51-45(31-35(47)3)62(46-32-36(4)48(64-6-2)34-52(46)84-51)44-16-8-7-11-37(44)61(79)70(62)30-29-67(25-21-53(73)65-23-27-68-57(75)40-14-9-12-38-49(71(80)81)19-17-42(55(38)40)59(68)77)26-22-54(74)66-24-28-69-58(76)41-15-10-13-39-50(72(82)83)20-18-43(56(39)41)60(69)78/h7-20,31-34,63-64H,5-6,21-30H2,1-4H3,(H,65,73)(H,66,74). The van der Waals surface area contributed by atoms with Gasteiger partial charge in [-0.1, -0.05) is 30.3 Å². The van der Waals surface area contributed by atoms with Crippen molar-refractivity contribution in [2.45, 2.75) is 46.1 Å². The SMILES string of the molecule is CCNc1cc2c(cc1C)C1(c3cc(C)c(NCC)cc3O2)c2ccccc2C(=O)N1CCN(CCC(=O)NCCN1C(=O)c2cccc3c([N+](=O)[O-])ccc(c23)C1=O)CCC(=O)NCCN1C(=O)c2cccc3c([N+](=O)[O-])ccc(c23)C1=O. The third-order valence-electron chi connectivity index (χ3n) is 16.2. The Labute approximate surface area is 481 Å².